The van der Waals surface area contributed by atoms with E-state index in [4.69, 9.17) is 5.73 Å². The van der Waals surface area contributed by atoms with Gasteiger partial charge in [0.15, 0.2) is 5.82 Å². The van der Waals surface area contributed by atoms with Crippen LogP contribution in [-0.2, 0) is 0 Å². The lowest BCUT2D eigenvalue weighted by Gasteiger charge is -2.54. The molecule has 5 nitrogen and oxygen atoms in total. The second-order valence-corrected chi connectivity index (χ2v) is 6.66. The molecule has 4 aliphatic carbocycles. The number of hydrogen-bond donors (Lipinski definition) is 3. The number of nitrogens with two attached hydrogens (primary N) is 1. The van der Waals surface area contributed by atoms with Crippen molar-refractivity contribution in [2.24, 2.45) is 23.7 Å². The molecule has 0 aliphatic heterocycles. The zero-order chi connectivity index (χ0) is 13.1. The number of H-pyrrole nitrogens is 1. The highest BCUT2D eigenvalue weighted by Gasteiger charge is 2.50. The highest BCUT2D eigenvalue weighted by molar-refractivity contribution is 5.94. The minimum Gasteiger partial charge on any atom is -0.477 e. The fourth-order valence-corrected chi connectivity index (χ4v) is 5.23. The van der Waals surface area contributed by atoms with E-state index in [9.17, 15) is 9.90 Å². The highest BCUT2D eigenvalue weighted by Crippen LogP contribution is 2.59. The molecule has 0 unspecified atom stereocenters. The summed E-state index contributed by atoms with van der Waals surface area (Å²) in [6, 6.07) is 0. The van der Waals surface area contributed by atoms with Crippen molar-refractivity contribution in [2.45, 2.75) is 38.0 Å². The molecule has 1 aromatic heterocycles. The molecule has 0 amide bonds. The first-order chi connectivity index (χ1) is 9.13. The van der Waals surface area contributed by atoms with E-state index in [2.05, 4.69) is 10.2 Å². The van der Waals surface area contributed by atoms with Gasteiger partial charge in [-0.25, -0.2) is 4.79 Å². The van der Waals surface area contributed by atoms with Crippen LogP contribution in [0.4, 0.5) is 5.82 Å². The molecule has 4 saturated carbocycles. The molecule has 4 N–H and O–H groups in total. The van der Waals surface area contributed by atoms with Crippen LogP contribution in [0, 0.1) is 23.7 Å². The standard InChI is InChI=1S/C14H19N3O2/c15-13-11(14(18)19)12(16-17-13)10-8-2-6-1-7(4-8)5-9(10)3-6/h6-10H,1-5H2,(H,18,19)(H3,15,16,17). The summed E-state index contributed by atoms with van der Waals surface area (Å²) >= 11 is 0. The van der Waals surface area contributed by atoms with Gasteiger partial charge in [0.25, 0.3) is 0 Å². The summed E-state index contributed by atoms with van der Waals surface area (Å²) in [6.07, 6.45) is 6.44. The van der Waals surface area contributed by atoms with Crippen molar-refractivity contribution in [3.8, 4) is 0 Å². The second kappa shape index (κ2) is 3.74. The van der Waals surface area contributed by atoms with Crippen molar-refractivity contribution in [1.82, 2.24) is 10.2 Å². The Bertz CT molecular complexity index is 509. The van der Waals surface area contributed by atoms with Crippen LogP contribution in [0.3, 0.4) is 0 Å². The SMILES string of the molecule is Nc1n[nH]c(C2C3CC4CC(C3)CC2C4)c1C(=O)O. The lowest BCUT2D eigenvalue weighted by molar-refractivity contribution is -0.00452. The lowest BCUT2D eigenvalue weighted by Crippen LogP contribution is -2.44. The van der Waals surface area contributed by atoms with Gasteiger partial charge >= 0.3 is 5.97 Å². The number of aromatic amines is 1. The van der Waals surface area contributed by atoms with Crippen LogP contribution in [0.1, 0.15) is 54.1 Å². The first kappa shape index (κ1) is 11.3. The molecule has 4 fully saturated rings. The maximum absolute atomic E-state index is 11.4. The van der Waals surface area contributed by atoms with Gasteiger partial charge in [0, 0.05) is 5.92 Å². The van der Waals surface area contributed by atoms with Crippen LogP contribution in [0.25, 0.3) is 0 Å². The minimum absolute atomic E-state index is 0.135. The number of aromatic carboxylic acids is 1. The molecule has 5 rings (SSSR count). The van der Waals surface area contributed by atoms with Crippen LogP contribution in [0.15, 0.2) is 0 Å². The average molecular weight is 261 g/mol. The van der Waals surface area contributed by atoms with Crippen LogP contribution >= 0.6 is 0 Å². The van der Waals surface area contributed by atoms with Crippen LogP contribution in [-0.4, -0.2) is 21.3 Å². The Morgan fingerprint density at radius 2 is 1.74 bits per heavy atom. The number of carbonyl (C=O) groups is 1. The van der Waals surface area contributed by atoms with Gasteiger partial charge < -0.3 is 10.8 Å². The quantitative estimate of drug-likeness (QED) is 0.761. The van der Waals surface area contributed by atoms with E-state index in [1.807, 2.05) is 0 Å². The fourth-order valence-electron chi connectivity index (χ4n) is 5.23. The molecule has 102 valence electrons. The van der Waals surface area contributed by atoms with Crippen molar-refractivity contribution in [3.63, 3.8) is 0 Å². The second-order valence-electron chi connectivity index (χ2n) is 6.66. The minimum atomic E-state index is -0.949. The predicted molar refractivity (Wildman–Crippen MR) is 69.7 cm³/mol. The monoisotopic (exact) mass is 261 g/mol. The number of rotatable bonds is 2. The number of nitrogens with one attached hydrogen (secondary N) is 1. The number of aromatic nitrogens is 2. The van der Waals surface area contributed by atoms with Crippen molar-refractivity contribution in [3.05, 3.63) is 11.3 Å². The summed E-state index contributed by atoms with van der Waals surface area (Å²) in [5.41, 5.74) is 6.72. The third-order valence-corrected chi connectivity index (χ3v) is 5.60. The van der Waals surface area contributed by atoms with Crippen LogP contribution in [0.2, 0.25) is 0 Å². The summed E-state index contributed by atoms with van der Waals surface area (Å²) in [4.78, 5) is 11.4. The zero-order valence-electron chi connectivity index (χ0n) is 10.8. The molecule has 0 radical (unpaired) electrons. The predicted octanol–water partition coefficient (Wildman–Crippen LogP) is 2.23. The van der Waals surface area contributed by atoms with Gasteiger partial charge in [-0.1, -0.05) is 0 Å². The summed E-state index contributed by atoms with van der Waals surface area (Å²) in [7, 11) is 0. The van der Waals surface area contributed by atoms with E-state index in [0.717, 1.165) is 17.5 Å². The number of nitrogen functional groups attached to an aromatic ring is 1. The molecule has 0 spiro atoms. The molecule has 0 aromatic carbocycles. The number of nitrogens with zero attached hydrogens (tertiary/aromatic N) is 1. The Labute approximate surface area is 111 Å². The molecule has 5 heteroatoms. The van der Waals surface area contributed by atoms with Crippen molar-refractivity contribution < 1.29 is 9.90 Å². The Balaban J connectivity index is 1.75. The molecular formula is C14H19N3O2. The van der Waals surface area contributed by atoms with E-state index >= 15 is 0 Å². The maximum atomic E-state index is 11.4. The summed E-state index contributed by atoms with van der Waals surface area (Å²) in [5.74, 6) is 2.55. The van der Waals surface area contributed by atoms with Crippen molar-refractivity contribution in [1.29, 1.82) is 0 Å². The van der Waals surface area contributed by atoms with E-state index in [1.165, 1.54) is 32.1 Å². The summed E-state index contributed by atoms with van der Waals surface area (Å²) < 4.78 is 0. The topological polar surface area (TPSA) is 92.0 Å². The first-order valence-corrected chi connectivity index (χ1v) is 7.20. The summed E-state index contributed by atoms with van der Waals surface area (Å²) in [6.45, 7) is 0. The molecule has 4 bridgehead atoms. The number of carboxylic acid groups (broad SMARTS) is 1. The first-order valence-electron chi connectivity index (χ1n) is 7.20. The van der Waals surface area contributed by atoms with Crippen molar-refractivity contribution in [2.75, 3.05) is 5.73 Å². The number of anilines is 1. The molecule has 1 heterocycles. The van der Waals surface area contributed by atoms with Crippen molar-refractivity contribution >= 4 is 11.8 Å². The third kappa shape index (κ3) is 1.53. The van der Waals surface area contributed by atoms with Gasteiger partial charge in [-0.15, -0.1) is 0 Å². The van der Waals surface area contributed by atoms with Gasteiger partial charge in [-0.2, -0.15) is 5.10 Å². The van der Waals surface area contributed by atoms with E-state index < -0.39 is 5.97 Å². The van der Waals surface area contributed by atoms with E-state index in [1.54, 1.807) is 0 Å². The average Bonchev–Trinajstić information content (AvgIpc) is 2.69. The third-order valence-electron chi connectivity index (χ3n) is 5.60. The lowest BCUT2D eigenvalue weighted by atomic mass is 9.51. The van der Waals surface area contributed by atoms with Gasteiger partial charge in [0.05, 0.1) is 5.69 Å². The summed E-state index contributed by atoms with van der Waals surface area (Å²) in [5, 5.41) is 16.2. The molecule has 1 aromatic rings. The fraction of sp³-hybridized carbons (Fsp3) is 0.714. The van der Waals surface area contributed by atoms with Gasteiger partial charge in [0.1, 0.15) is 5.56 Å². The van der Waals surface area contributed by atoms with E-state index in [-0.39, 0.29) is 11.4 Å². The smallest absolute Gasteiger partial charge is 0.341 e. The van der Waals surface area contributed by atoms with Gasteiger partial charge in [0.2, 0.25) is 0 Å². The Kier molecular flexibility index (Phi) is 2.23. The Morgan fingerprint density at radius 3 is 2.26 bits per heavy atom. The number of hydrogen-bond acceptors (Lipinski definition) is 3. The molecule has 0 saturated heterocycles. The van der Waals surface area contributed by atoms with Gasteiger partial charge in [-0.05, 0) is 55.8 Å². The van der Waals surface area contributed by atoms with E-state index in [0.29, 0.717) is 17.8 Å². The largest absolute Gasteiger partial charge is 0.477 e. The molecule has 19 heavy (non-hydrogen) atoms. The molecule has 0 atom stereocenters. The zero-order valence-corrected chi connectivity index (χ0v) is 10.8. The van der Waals surface area contributed by atoms with Crippen LogP contribution < -0.4 is 5.73 Å². The maximum Gasteiger partial charge on any atom is 0.341 e. The molecule has 4 aliphatic rings. The highest BCUT2D eigenvalue weighted by atomic mass is 16.4. The Hall–Kier alpha value is -1.52. The van der Waals surface area contributed by atoms with Gasteiger partial charge in [-0.3, -0.25) is 5.10 Å². The molecular weight excluding hydrogens is 242 g/mol. The Morgan fingerprint density at radius 1 is 1.16 bits per heavy atom. The normalized spacial score (nSPS) is 39.7. The number of carboxylic acids is 1. The van der Waals surface area contributed by atoms with Crippen LogP contribution in [0.5, 0.6) is 0 Å².